The Morgan fingerprint density at radius 2 is 2.14 bits per heavy atom. The second-order valence-corrected chi connectivity index (χ2v) is 4.91. The molecule has 1 aromatic carbocycles. The van der Waals surface area contributed by atoms with Gasteiger partial charge in [-0.2, -0.15) is 9.61 Å². The van der Waals surface area contributed by atoms with Gasteiger partial charge in [-0.3, -0.25) is 0 Å². The predicted molar refractivity (Wildman–Crippen MR) is 75.9 cm³/mol. The van der Waals surface area contributed by atoms with Crippen LogP contribution < -0.4 is 0 Å². The maximum Gasteiger partial charge on any atom is 0.355 e. The third-order valence-electron chi connectivity index (χ3n) is 3.08. The summed E-state index contributed by atoms with van der Waals surface area (Å²) in [6.45, 7) is 0. The highest BCUT2D eigenvalue weighted by Gasteiger charge is 2.20. The van der Waals surface area contributed by atoms with E-state index in [9.17, 15) is 15.0 Å². The maximum atomic E-state index is 11.4. The van der Waals surface area contributed by atoms with Gasteiger partial charge in [0.1, 0.15) is 0 Å². The first-order valence-corrected chi connectivity index (χ1v) is 6.47. The molecular formula is C14H10ClN3O3. The lowest BCUT2D eigenvalue weighted by atomic mass is 10.0. The quantitative estimate of drug-likeness (QED) is 0.775. The van der Waals surface area contributed by atoms with Gasteiger partial charge in [-0.15, -0.1) is 0 Å². The molecule has 6 nitrogen and oxygen atoms in total. The molecule has 0 spiro atoms. The Morgan fingerprint density at radius 1 is 1.33 bits per heavy atom. The maximum absolute atomic E-state index is 11.4. The lowest BCUT2D eigenvalue weighted by Gasteiger charge is -2.10. The molecule has 0 saturated carbocycles. The zero-order valence-electron chi connectivity index (χ0n) is 10.7. The number of hydrogen-bond acceptors (Lipinski definition) is 4. The van der Waals surface area contributed by atoms with Gasteiger partial charge >= 0.3 is 5.97 Å². The SMILES string of the molecule is O=C(O)c1nc2ccnn2c(O)c1Cc1cccc(Cl)c1. The number of aromatic nitrogens is 3. The van der Waals surface area contributed by atoms with E-state index in [1.807, 2.05) is 0 Å². The Balaban J connectivity index is 2.17. The number of benzene rings is 1. The summed E-state index contributed by atoms with van der Waals surface area (Å²) < 4.78 is 1.20. The van der Waals surface area contributed by atoms with Crippen LogP contribution in [0.1, 0.15) is 21.6 Å². The summed E-state index contributed by atoms with van der Waals surface area (Å²) in [6.07, 6.45) is 1.63. The fraction of sp³-hybridized carbons (Fsp3) is 0.0714. The highest BCUT2D eigenvalue weighted by atomic mass is 35.5. The van der Waals surface area contributed by atoms with Crippen molar-refractivity contribution in [2.24, 2.45) is 0 Å². The molecule has 0 bridgehead atoms. The van der Waals surface area contributed by atoms with E-state index < -0.39 is 5.97 Å². The fourth-order valence-electron chi connectivity index (χ4n) is 2.15. The van der Waals surface area contributed by atoms with Crippen LogP contribution in [-0.2, 0) is 6.42 Å². The second kappa shape index (κ2) is 5.06. The largest absolute Gasteiger partial charge is 0.493 e. The first-order valence-electron chi connectivity index (χ1n) is 6.09. The monoisotopic (exact) mass is 303 g/mol. The van der Waals surface area contributed by atoms with Crippen LogP contribution in [0.5, 0.6) is 5.88 Å². The van der Waals surface area contributed by atoms with Crippen molar-refractivity contribution in [2.75, 3.05) is 0 Å². The topological polar surface area (TPSA) is 87.7 Å². The summed E-state index contributed by atoms with van der Waals surface area (Å²) in [5.74, 6) is -1.44. The van der Waals surface area contributed by atoms with Crippen molar-refractivity contribution in [3.05, 3.63) is 58.4 Å². The summed E-state index contributed by atoms with van der Waals surface area (Å²) in [5.41, 5.74) is 1.05. The molecule has 0 unspecified atom stereocenters. The van der Waals surface area contributed by atoms with Crippen LogP contribution in [-0.4, -0.2) is 30.8 Å². The van der Waals surface area contributed by atoms with E-state index in [0.717, 1.165) is 5.56 Å². The van der Waals surface area contributed by atoms with Crippen molar-refractivity contribution >= 4 is 23.2 Å². The van der Waals surface area contributed by atoms with Gasteiger partial charge in [-0.05, 0) is 17.7 Å². The average Bonchev–Trinajstić information content (AvgIpc) is 2.90. The standard InChI is InChI=1S/C14H10ClN3O3/c15-9-3-1-2-8(6-9)7-10-12(14(20)21)17-11-4-5-16-18(11)13(10)19/h1-6,19H,7H2,(H,20,21). The molecule has 0 aliphatic carbocycles. The second-order valence-electron chi connectivity index (χ2n) is 4.48. The molecule has 0 radical (unpaired) electrons. The number of carboxylic acid groups (broad SMARTS) is 1. The molecule has 0 saturated heterocycles. The zero-order chi connectivity index (χ0) is 15.0. The Labute approximate surface area is 124 Å². The molecule has 7 heteroatoms. The minimum absolute atomic E-state index is 0.191. The molecule has 2 N–H and O–H groups in total. The third kappa shape index (κ3) is 2.41. The summed E-state index contributed by atoms with van der Waals surface area (Å²) >= 11 is 5.92. The van der Waals surface area contributed by atoms with Gasteiger partial charge in [0.05, 0.1) is 11.8 Å². The number of fused-ring (bicyclic) bond motifs is 1. The molecule has 0 atom stereocenters. The summed E-state index contributed by atoms with van der Waals surface area (Å²) in [5, 5.41) is 24.0. The number of rotatable bonds is 3. The minimum atomic E-state index is -1.20. The van der Waals surface area contributed by atoms with Crippen LogP contribution in [0.4, 0.5) is 0 Å². The molecular weight excluding hydrogens is 294 g/mol. The molecule has 2 heterocycles. The van der Waals surface area contributed by atoms with Crippen LogP contribution in [0.25, 0.3) is 5.65 Å². The van der Waals surface area contributed by atoms with Crippen LogP contribution in [0.15, 0.2) is 36.5 Å². The van der Waals surface area contributed by atoms with Crippen LogP contribution in [0.2, 0.25) is 5.02 Å². The van der Waals surface area contributed by atoms with E-state index in [-0.39, 0.29) is 29.2 Å². The van der Waals surface area contributed by atoms with Gasteiger partial charge in [0.25, 0.3) is 0 Å². The van der Waals surface area contributed by atoms with E-state index in [0.29, 0.717) is 5.02 Å². The molecule has 21 heavy (non-hydrogen) atoms. The van der Waals surface area contributed by atoms with Crippen molar-refractivity contribution in [1.82, 2.24) is 14.6 Å². The van der Waals surface area contributed by atoms with Gasteiger partial charge < -0.3 is 10.2 Å². The normalized spacial score (nSPS) is 10.9. The highest BCUT2D eigenvalue weighted by molar-refractivity contribution is 6.30. The molecule has 0 aliphatic heterocycles. The Kier molecular flexibility index (Phi) is 3.23. The van der Waals surface area contributed by atoms with Gasteiger partial charge in [-0.25, -0.2) is 9.78 Å². The number of hydrogen-bond donors (Lipinski definition) is 2. The summed E-state index contributed by atoms with van der Waals surface area (Å²) in [6, 6.07) is 8.51. The first-order chi connectivity index (χ1) is 10.1. The molecule has 3 rings (SSSR count). The number of carboxylic acids is 1. The Bertz CT molecular complexity index is 845. The minimum Gasteiger partial charge on any atom is -0.493 e. The number of aromatic hydroxyl groups is 1. The lowest BCUT2D eigenvalue weighted by molar-refractivity contribution is 0.0688. The average molecular weight is 304 g/mol. The van der Waals surface area contributed by atoms with E-state index >= 15 is 0 Å². The fourth-order valence-corrected chi connectivity index (χ4v) is 2.36. The molecule has 106 valence electrons. The van der Waals surface area contributed by atoms with Crippen molar-refractivity contribution in [2.45, 2.75) is 6.42 Å². The number of halogens is 1. The Morgan fingerprint density at radius 3 is 2.86 bits per heavy atom. The van der Waals surface area contributed by atoms with Gasteiger partial charge in [0.2, 0.25) is 5.88 Å². The Hall–Kier alpha value is -2.60. The molecule has 0 aliphatic rings. The highest BCUT2D eigenvalue weighted by Crippen LogP contribution is 2.25. The smallest absolute Gasteiger partial charge is 0.355 e. The van der Waals surface area contributed by atoms with Crippen LogP contribution in [0.3, 0.4) is 0 Å². The molecule has 0 fully saturated rings. The van der Waals surface area contributed by atoms with Gasteiger partial charge in [0.15, 0.2) is 11.3 Å². The zero-order valence-corrected chi connectivity index (χ0v) is 11.4. The van der Waals surface area contributed by atoms with E-state index in [1.165, 1.54) is 16.8 Å². The van der Waals surface area contributed by atoms with E-state index in [2.05, 4.69) is 10.1 Å². The van der Waals surface area contributed by atoms with Crippen molar-refractivity contribution in [3.63, 3.8) is 0 Å². The van der Waals surface area contributed by atoms with Crippen LogP contribution in [0, 0.1) is 0 Å². The van der Waals surface area contributed by atoms with Crippen molar-refractivity contribution in [3.8, 4) is 5.88 Å². The van der Waals surface area contributed by atoms with Crippen molar-refractivity contribution in [1.29, 1.82) is 0 Å². The van der Waals surface area contributed by atoms with Gasteiger partial charge in [-0.1, -0.05) is 23.7 Å². The molecule has 2 aromatic heterocycles. The lowest BCUT2D eigenvalue weighted by Crippen LogP contribution is -2.10. The number of aromatic carboxylic acids is 1. The number of nitrogens with zero attached hydrogens (tertiary/aromatic N) is 3. The summed E-state index contributed by atoms with van der Waals surface area (Å²) in [7, 11) is 0. The van der Waals surface area contributed by atoms with E-state index in [1.54, 1.807) is 24.3 Å². The summed E-state index contributed by atoms with van der Waals surface area (Å²) in [4.78, 5) is 15.4. The third-order valence-corrected chi connectivity index (χ3v) is 3.31. The molecule has 0 amide bonds. The predicted octanol–water partition coefficient (Wildman–Crippen LogP) is 2.38. The molecule has 3 aromatic rings. The first kappa shape index (κ1) is 13.4. The number of carbonyl (C=O) groups is 1. The van der Waals surface area contributed by atoms with E-state index in [4.69, 9.17) is 11.6 Å². The van der Waals surface area contributed by atoms with Crippen LogP contribution >= 0.6 is 11.6 Å². The van der Waals surface area contributed by atoms with Gasteiger partial charge in [0, 0.05) is 17.5 Å². The van der Waals surface area contributed by atoms with Crippen molar-refractivity contribution < 1.29 is 15.0 Å².